The number of aromatic carboxylic acids is 1. The first kappa shape index (κ1) is 19.2. The Labute approximate surface area is 165 Å². The molecule has 0 spiro atoms. The van der Waals surface area contributed by atoms with E-state index in [1.54, 1.807) is 6.07 Å². The number of likely N-dealkylation sites (N-methyl/N-ethyl adjacent to an activating group) is 1. The van der Waals surface area contributed by atoms with Crippen LogP contribution in [0, 0.1) is 0 Å². The summed E-state index contributed by atoms with van der Waals surface area (Å²) in [6.07, 6.45) is 2.91. The topological polar surface area (TPSA) is 103 Å². The Morgan fingerprint density at radius 2 is 2.00 bits per heavy atom. The highest BCUT2D eigenvalue weighted by Gasteiger charge is 2.16. The van der Waals surface area contributed by atoms with Gasteiger partial charge >= 0.3 is 5.97 Å². The number of carbonyl (C=O) groups is 1. The fourth-order valence-corrected chi connectivity index (χ4v) is 2.83. The predicted molar refractivity (Wildman–Crippen MR) is 105 cm³/mol. The molecule has 0 unspecified atom stereocenters. The lowest BCUT2D eigenvalue weighted by Crippen LogP contribution is -2.20. The molecule has 0 fully saturated rings. The van der Waals surface area contributed by atoms with Crippen molar-refractivity contribution in [1.82, 2.24) is 19.9 Å². The molecule has 1 aromatic carbocycles. The number of halogens is 2. The molecule has 0 aliphatic heterocycles. The summed E-state index contributed by atoms with van der Waals surface area (Å²) in [5.41, 5.74) is 1.59. The van der Waals surface area contributed by atoms with E-state index in [1.807, 2.05) is 19.0 Å². The van der Waals surface area contributed by atoms with Crippen molar-refractivity contribution in [2.75, 3.05) is 32.6 Å². The summed E-state index contributed by atoms with van der Waals surface area (Å²) in [5, 5.41) is 13.1. The molecule has 0 amide bonds. The summed E-state index contributed by atoms with van der Waals surface area (Å²) in [5.74, 6) is -0.460. The van der Waals surface area contributed by atoms with Gasteiger partial charge in [-0.3, -0.25) is 4.98 Å². The van der Waals surface area contributed by atoms with E-state index in [2.05, 4.69) is 20.3 Å². The van der Waals surface area contributed by atoms with Crippen LogP contribution in [0.15, 0.2) is 24.5 Å². The Kier molecular flexibility index (Phi) is 5.69. The summed E-state index contributed by atoms with van der Waals surface area (Å²) in [4.78, 5) is 24.8. The van der Waals surface area contributed by atoms with Crippen LogP contribution in [0.2, 0.25) is 10.0 Å². The Morgan fingerprint density at radius 1 is 1.30 bits per heavy atom. The lowest BCUT2D eigenvalue weighted by atomic mass is 10.2. The highest BCUT2D eigenvalue weighted by Crippen LogP contribution is 2.32. The predicted octanol–water partition coefficient (Wildman–Crippen LogP) is 3.65. The minimum atomic E-state index is -1.08. The van der Waals surface area contributed by atoms with Crippen molar-refractivity contribution in [3.8, 4) is 5.75 Å². The Hall–Kier alpha value is -2.55. The fraction of sp³-hybridized carbons (Fsp3) is 0.235. The number of pyridine rings is 1. The SMILES string of the molecule is CN(C)CCOc1cc2nc(Nc3c(Cl)cncc3Cl)[nH]c2cc1C(=O)O. The van der Waals surface area contributed by atoms with Gasteiger partial charge in [0.1, 0.15) is 17.9 Å². The van der Waals surface area contributed by atoms with Gasteiger partial charge in [-0.15, -0.1) is 0 Å². The number of rotatable bonds is 7. The van der Waals surface area contributed by atoms with Gasteiger partial charge in [-0.05, 0) is 20.2 Å². The fourth-order valence-electron chi connectivity index (χ4n) is 2.37. The van der Waals surface area contributed by atoms with Crippen LogP contribution >= 0.6 is 23.2 Å². The van der Waals surface area contributed by atoms with E-state index >= 15 is 0 Å². The van der Waals surface area contributed by atoms with E-state index < -0.39 is 5.97 Å². The zero-order chi connectivity index (χ0) is 19.6. The molecule has 0 saturated heterocycles. The second-order valence-electron chi connectivity index (χ2n) is 6.01. The number of hydrogen-bond donors (Lipinski definition) is 3. The molecule has 3 rings (SSSR count). The molecule has 2 heterocycles. The number of ether oxygens (including phenoxy) is 1. The summed E-state index contributed by atoms with van der Waals surface area (Å²) < 4.78 is 5.64. The van der Waals surface area contributed by atoms with Crippen LogP contribution < -0.4 is 10.1 Å². The average Bonchev–Trinajstić information content (AvgIpc) is 2.98. The number of benzene rings is 1. The summed E-state index contributed by atoms with van der Waals surface area (Å²) in [6.45, 7) is 1.01. The zero-order valence-corrected chi connectivity index (χ0v) is 16.1. The number of hydrogen-bond acceptors (Lipinski definition) is 6. The smallest absolute Gasteiger partial charge is 0.339 e. The van der Waals surface area contributed by atoms with Crippen molar-refractivity contribution in [1.29, 1.82) is 0 Å². The largest absolute Gasteiger partial charge is 0.491 e. The van der Waals surface area contributed by atoms with Crippen LogP contribution in [-0.4, -0.2) is 58.2 Å². The number of carboxylic acids is 1. The van der Waals surface area contributed by atoms with Gasteiger partial charge in [0.2, 0.25) is 5.95 Å². The van der Waals surface area contributed by atoms with Gasteiger partial charge in [-0.25, -0.2) is 9.78 Å². The minimum Gasteiger partial charge on any atom is -0.491 e. The van der Waals surface area contributed by atoms with Crippen LogP contribution in [0.5, 0.6) is 5.75 Å². The first-order valence-corrected chi connectivity index (χ1v) is 8.71. The van der Waals surface area contributed by atoms with E-state index in [9.17, 15) is 9.90 Å². The lowest BCUT2D eigenvalue weighted by Gasteiger charge is -2.12. The van der Waals surface area contributed by atoms with Crippen molar-refractivity contribution in [2.45, 2.75) is 0 Å². The van der Waals surface area contributed by atoms with Gasteiger partial charge in [0.05, 0.1) is 26.8 Å². The summed E-state index contributed by atoms with van der Waals surface area (Å²) >= 11 is 12.2. The van der Waals surface area contributed by atoms with E-state index in [0.717, 1.165) is 0 Å². The van der Waals surface area contributed by atoms with Crippen LogP contribution in [0.25, 0.3) is 11.0 Å². The van der Waals surface area contributed by atoms with Gasteiger partial charge in [-0.2, -0.15) is 0 Å². The molecule has 0 aliphatic rings. The van der Waals surface area contributed by atoms with Crippen LogP contribution in [0.1, 0.15) is 10.4 Å². The maximum absolute atomic E-state index is 11.6. The average molecular weight is 410 g/mol. The normalized spacial score (nSPS) is 11.1. The van der Waals surface area contributed by atoms with E-state index in [1.165, 1.54) is 18.5 Å². The minimum absolute atomic E-state index is 0.0523. The summed E-state index contributed by atoms with van der Waals surface area (Å²) in [6, 6.07) is 3.07. The maximum Gasteiger partial charge on any atom is 0.339 e. The molecule has 0 aliphatic carbocycles. The van der Waals surface area contributed by atoms with Crippen molar-refractivity contribution in [3.63, 3.8) is 0 Å². The van der Waals surface area contributed by atoms with Gasteiger partial charge in [0.25, 0.3) is 0 Å². The summed E-state index contributed by atoms with van der Waals surface area (Å²) in [7, 11) is 3.82. The number of aromatic nitrogens is 3. The van der Waals surface area contributed by atoms with Gasteiger partial charge in [0, 0.05) is 25.0 Å². The number of fused-ring (bicyclic) bond motifs is 1. The molecule has 3 N–H and O–H groups in total. The third-order valence-electron chi connectivity index (χ3n) is 3.71. The standard InChI is InChI=1S/C17H17Cl2N5O3/c1-24(2)3-4-27-14-6-13-12(5-9(14)16(25)26)21-17(22-13)23-15-10(18)7-20-8-11(15)19/h5-8H,3-4H2,1-2H3,(H,25,26)(H2,20,21,22,23). The second kappa shape index (κ2) is 7.99. The molecule has 2 aromatic heterocycles. The van der Waals surface area contributed by atoms with Crippen LogP contribution in [0.3, 0.4) is 0 Å². The molecule has 27 heavy (non-hydrogen) atoms. The molecular formula is C17H17Cl2N5O3. The third-order valence-corrected chi connectivity index (χ3v) is 4.28. The number of aromatic amines is 1. The van der Waals surface area contributed by atoms with E-state index in [0.29, 0.717) is 45.9 Å². The highest BCUT2D eigenvalue weighted by atomic mass is 35.5. The van der Waals surface area contributed by atoms with Gasteiger partial charge in [-0.1, -0.05) is 23.2 Å². The zero-order valence-electron chi connectivity index (χ0n) is 14.6. The van der Waals surface area contributed by atoms with Crippen LogP contribution in [0.4, 0.5) is 11.6 Å². The number of nitrogens with one attached hydrogen (secondary N) is 2. The van der Waals surface area contributed by atoms with E-state index in [-0.39, 0.29) is 11.3 Å². The second-order valence-corrected chi connectivity index (χ2v) is 6.83. The Balaban J connectivity index is 1.93. The number of carboxylic acid groups (broad SMARTS) is 1. The van der Waals surface area contributed by atoms with Gasteiger partial charge < -0.3 is 25.0 Å². The number of H-pyrrole nitrogens is 1. The molecule has 3 aromatic rings. The molecule has 8 nitrogen and oxygen atoms in total. The lowest BCUT2D eigenvalue weighted by molar-refractivity contribution is 0.0692. The van der Waals surface area contributed by atoms with Gasteiger partial charge in [0.15, 0.2) is 0 Å². The number of nitrogens with zero attached hydrogens (tertiary/aromatic N) is 3. The number of anilines is 2. The highest BCUT2D eigenvalue weighted by molar-refractivity contribution is 6.39. The van der Waals surface area contributed by atoms with Crippen molar-refractivity contribution < 1.29 is 14.6 Å². The molecule has 10 heteroatoms. The van der Waals surface area contributed by atoms with Crippen molar-refractivity contribution >= 4 is 51.8 Å². The van der Waals surface area contributed by atoms with E-state index in [4.69, 9.17) is 27.9 Å². The first-order valence-electron chi connectivity index (χ1n) is 7.95. The van der Waals surface area contributed by atoms with Crippen LogP contribution in [-0.2, 0) is 0 Å². The first-order chi connectivity index (χ1) is 12.8. The molecule has 0 atom stereocenters. The molecule has 142 valence electrons. The monoisotopic (exact) mass is 409 g/mol. The number of imidazole rings is 1. The van der Waals surface area contributed by atoms with Crippen molar-refractivity contribution in [3.05, 3.63) is 40.1 Å². The molecular weight excluding hydrogens is 393 g/mol. The molecule has 0 bridgehead atoms. The Bertz CT molecular complexity index is 970. The Morgan fingerprint density at radius 3 is 2.63 bits per heavy atom. The van der Waals surface area contributed by atoms with Crippen molar-refractivity contribution in [2.24, 2.45) is 0 Å². The third kappa shape index (κ3) is 4.41. The molecule has 0 radical (unpaired) electrons. The quantitative estimate of drug-likeness (QED) is 0.546. The maximum atomic E-state index is 11.6. The molecule has 0 saturated carbocycles.